The molecule has 41 heavy (non-hydrogen) atoms. The van der Waals surface area contributed by atoms with E-state index in [9.17, 15) is 9.59 Å². The Balaban J connectivity index is 0.00000462. The molecule has 4 aliphatic rings. The van der Waals surface area contributed by atoms with Crippen molar-refractivity contribution in [2.45, 2.75) is 111 Å². The van der Waals surface area contributed by atoms with Gasteiger partial charge in [0.1, 0.15) is 11.9 Å². The molecule has 3 N–H and O–H groups in total. The van der Waals surface area contributed by atoms with Crippen LogP contribution >= 0.6 is 34.0 Å². The van der Waals surface area contributed by atoms with Crippen LogP contribution in [0.2, 0.25) is 0 Å². The Morgan fingerprint density at radius 1 is 1.05 bits per heavy atom. The molecule has 0 heterocycles. The molecule has 0 spiro atoms. The fraction of sp³-hybridized carbons (Fsp3) is 0.879. The van der Waals surface area contributed by atoms with Gasteiger partial charge >= 0.3 is 5.97 Å². The van der Waals surface area contributed by atoms with E-state index in [1.54, 1.807) is 5.57 Å². The number of rotatable bonds is 13. The van der Waals surface area contributed by atoms with Gasteiger partial charge in [-0.05, 0) is 91.3 Å². The van der Waals surface area contributed by atoms with Gasteiger partial charge in [0.05, 0.1) is 5.75 Å². The van der Waals surface area contributed by atoms with Gasteiger partial charge in [0.15, 0.2) is 0 Å². The lowest BCUT2D eigenvalue weighted by atomic mass is 9.47. The predicted octanol–water partition coefficient (Wildman–Crippen LogP) is 7.82. The van der Waals surface area contributed by atoms with Gasteiger partial charge in [0.25, 0.3) is 0 Å². The minimum Gasteiger partial charge on any atom is -0.461 e. The fourth-order valence-electron chi connectivity index (χ4n) is 9.42. The highest BCUT2D eigenvalue weighted by molar-refractivity contribution is 8.77. The molecule has 0 aromatic carbocycles. The van der Waals surface area contributed by atoms with E-state index in [1.807, 2.05) is 0 Å². The maximum atomic E-state index is 12.5. The number of carbonyl (C=O) groups is 2. The van der Waals surface area contributed by atoms with Crippen molar-refractivity contribution < 1.29 is 14.3 Å². The number of hydrogen-bond donors (Lipinski definition) is 2. The maximum absolute atomic E-state index is 12.5. The third-order valence-electron chi connectivity index (χ3n) is 11.5. The lowest BCUT2D eigenvalue weighted by molar-refractivity contribution is -0.148. The summed E-state index contributed by atoms with van der Waals surface area (Å²) in [7, 11) is 2.80. The van der Waals surface area contributed by atoms with Crippen molar-refractivity contribution in [2.75, 3.05) is 24.6 Å². The molecule has 1 amide bonds. The minimum absolute atomic E-state index is 0. The third-order valence-corrected chi connectivity index (χ3v) is 13.6. The van der Waals surface area contributed by atoms with Crippen LogP contribution in [-0.4, -0.2) is 42.6 Å². The van der Waals surface area contributed by atoms with Gasteiger partial charge in [0.2, 0.25) is 5.91 Å². The quantitative estimate of drug-likeness (QED) is 0.0937. The highest BCUT2D eigenvalue weighted by Gasteiger charge is 2.59. The summed E-state index contributed by atoms with van der Waals surface area (Å²) in [5.41, 5.74) is 7.77. The first-order chi connectivity index (χ1) is 19.1. The number of nitrogens with one attached hydrogen (secondary N) is 1. The van der Waals surface area contributed by atoms with E-state index in [4.69, 9.17) is 10.5 Å². The highest BCUT2D eigenvalue weighted by Crippen LogP contribution is 2.67. The van der Waals surface area contributed by atoms with E-state index in [-0.39, 0.29) is 41.6 Å². The van der Waals surface area contributed by atoms with Crippen LogP contribution in [0.4, 0.5) is 0 Å². The number of nitrogens with two attached hydrogens (primary N) is 1. The van der Waals surface area contributed by atoms with Crippen LogP contribution in [0, 0.1) is 46.3 Å². The number of amides is 1. The zero-order valence-corrected chi connectivity index (χ0v) is 28.7. The monoisotopic (exact) mass is 628 g/mol. The minimum atomic E-state index is -0.157. The fourth-order valence-corrected chi connectivity index (χ4v) is 11.1. The number of allylic oxidation sites excluding steroid dienone is 1. The zero-order valence-electron chi connectivity index (χ0n) is 26.3. The summed E-state index contributed by atoms with van der Waals surface area (Å²) in [5.74, 6) is 5.47. The Morgan fingerprint density at radius 3 is 2.54 bits per heavy atom. The lowest BCUT2D eigenvalue weighted by Crippen LogP contribution is -2.51. The molecule has 236 valence electrons. The summed E-state index contributed by atoms with van der Waals surface area (Å²) in [6.45, 7) is 13.4. The molecule has 0 radical (unpaired) electrons. The van der Waals surface area contributed by atoms with E-state index in [0.717, 1.165) is 54.8 Å². The molecule has 0 aromatic rings. The summed E-state index contributed by atoms with van der Waals surface area (Å²) in [6, 6.07) is 0. The largest absolute Gasteiger partial charge is 0.461 e. The van der Waals surface area contributed by atoms with Crippen molar-refractivity contribution in [3.63, 3.8) is 0 Å². The Hall–Kier alpha value is -0.370. The molecule has 0 bridgehead atoms. The van der Waals surface area contributed by atoms with Crippen LogP contribution in [0.25, 0.3) is 0 Å². The van der Waals surface area contributed by atoms with Gasteiger partial charge in [-0.25, -0.2) is 0 Å². The smallest absolute Gasteiger partial charge is 0.317 e. The van der Waals surface area contributed by atoms with Crippen molar-refractivity contribution in [2.24, 2.45) is 52.1 Å². The number of carbonyl (C=O) groups excluding carboxylic acids is 2. The van der Waals surface area contributed by atoms with Crippen LogP contribution in [0.3, 0.4) is 0 Å². The summed E-state index contributed by atoms with van der Waals surface area (Å²) >= 11 is 0. The Bertz CT molecular complexity index is 917. The summed E-state index contributed by atoms with van der Waals surface area (Å²) in [4.78, 5) is 24.2. The average molecular weight is 629 g/mol. The van der Waals surface area contributed by atoms with E-state index in [2.05, 4.69) is 46.0 Å². The second-order valence-electron chi connectivity index (χ2n) is 14.3. The number of halogens is 1. The summed E-state index contributed by atoms with van der Waals surface area (Å²) < 4.78 is 5.93. The normalized spacial score (nSPS) is 34.9. The first-order valence-corrected chi connectivity index (χ1v) is 18.7. The van der Waals surface area contributed by atoms with Crippen molar-refractivity contribution >= 4 is 45.9 Å². The van der Waals surface area contributed by atoms with E-state index in [1.165, 1.54) is 73.0 Å². The number of esters is 1. The summed E-state index contributed by atoms with van der Waals surface area (Å²) in [6.07, 6.45) is 16.6. The van der Waals surface area contributed by atoms with E-state index in [0.29, 0.717) is 24.3 Å². The van der Waals surface area contributed by atoms with Gasteiger partial charge in [0, 0.05) is 19.5 Å². The lowest BCUT2D eigenvalue weighted by Gasteiger charge is -2.58. The molecule has 3 saturated carbocycles. The summed E-state index contributed by atoms with van der Waals surface area (Å²) in [5, 5.41) is 2.75. The maximum Gasteiger partial charge on any atom is 0.317 e. The molecule has 0 saturated heterocycles. The molecule has 4 rings (SSSR count). The average Bonchev–Trinajstić information content (AvgIpc) is 3.27. The predicted molar refractivity (Wildman–Crippen MR) is 177 cm³/mol. The number of fused-ring (bicyclic) bond motifs is 5. The molecule has 5 nitrogen and oxygen atoms in total. The molecule has 0 aliphatic heterocycles. The number of hydrogen-bond acceptors (Lipinski definition) is 6. The molecular formula is C33H57ClN2O3S2. The molecule has 4 aliphatic carbocycles. The van der Waals surface area contributed by atoms with Crippen LogP contribution in [0.1, 0.15) is 105 Å². The molecule has 1 unspecified atom stereocenters. The molecule has 8 heteroatoms. The van der Waals surface area contributed by atoms with Crippen LogP contribution in [0.15, 0.2) is 11.6 Å². The highest BCUT2D eigenvalue weighted by atomic mass is 35.5. The van der Waals surface area contributed by atoms with Crippen LogP contribution in [0.5, 0.6) is 0 Å². The molecule has 8 atom stereocenters. The zero-order chi connectivity index (χ0) is 28.9. The van der Waals surface area contributed by atoms with Gasteiger partial charge in [-0.3, -0.25) is 9.59 Å². The van der Waals surface area contributed by atoms with Crippen molar-refractivity contribution in [1.82, 2.24) is 5.32 Å². The van der Waals surface area contributed by atoms with Crippen molar-refractivity contribution in [3.8, 4) is 0 Å². The van der Waals surface area contributed by atoms with E-state index < -0.39 is 0 Å². The topological polar surface area (TPSA) is 81.4 Å². The van der Waals surface area contributed by atoms with Crippen LogP contribution in [-0.2, 0) is 14.3 Å². The van der Waals surface area contributed by atoms with Gasteiger partial charge in [-0.15, -0.1) is 12.4 Å². The second kappa shape index (κ2) is 15.6. The SMILES string of the molecule is CC(C)CCCC(C)[C@H]1CC[C@H]2[C@@H]3CC=C4C[C@@H](OC(=O)CSSCC(=O)NCCN)CC[C@]4(C)[C@H]3CC[C@]12C.Cl. The van der Waals surface area contributed by atoms with E-state index >= 15 is 0 Å². The number of ether oxygens (including phenoxy) is 1. The molecule has 0 aromatic heterocycles. The Labute approximate surface area is 264 Å². The van der Waals surface area contributed by atoms with Crippen molar-refractivity contribution in [3.05, 3.63) is 11.6 Å². The third kappa shape index (κ3) is 8.22. The van der Waals surface area contributed by atoms with Gasteiger partial charge in [-0.2, -0.15) is 0 Å². The standard InChI is InChI=1S/C33H56N2O3S2.ClH/c1-22(2)7-6-8-23(3)27-11-12-28-26-10-9-24-19-25(13-15-32(24,4)29(26)14-16-33(27,28)5)38-31(37)21-40-39-20-30(36)35-18-17-34;/h9,22-23,25-29H,6-8,10-21,34H2,1-5H3,(H,35,36);1H/t23?,25-,26-,27+,28-,29-,32-,33+;/m0./s1. The first kappa shape index (κ1) is 35.1. The Morgan fingerprint density at radius 2 is 1.80 bits per heavy atom. The van der Waals surface area contributed by atoms with Crippen molar-refractivity contribution in [1.29, 1.82) is 0 Å². The van der Waals surface area contributed by atoms with Crippen LogP contribution < -0.4 is 11.1 Å². The Kier molecular flexibility index (Phi) is 13.3. The van der Waals surface area contributed by atoms with Gasteiger partial charge < -0.3 is 15.8 Å². The molecular weight excluding hydrogens is 572 g/mol. The molecule has 3 fully saturated rings. The second-order valence-corrected chi connectivity index (χ2v) is 16.8. The first-order valence-electron chi connectivity index (χ1n) is 16.2. The van der Waals surface area contributed by atoms with Gasteiger partial charge in [-0.1, -0.05) is 87.1 Å².